The topological polar surface area (TPSA) is 48.1 Å². The van der Waals surface area contributed by atoms with E-state index in [1.165, 1.54) is 6.42 Å². The van der Waals surface area contributed by atoms with Crippen LogP contribution in [0.5, 0.6) is 0 Å². The molecule has 1 saturated carbocycles. The minimum Gasteiger partial charge on any atom is -0.353 e. The van der Waals surface area contributed by atoms with Crippen LogP contribution in [0.2, 0.25) is 0 Å². The second-order valence-electron chi connectivity index (χ2n) is 4.80. The van der Waals surface area contributed by atoms with E-state index in [9.17, 15) is 4.79 Å². The zero-order valence-corrected chi connectivity index (χ0v) is 10.1. The van der Waals surface area contributed by atoms with E-state index in [2.05, 4.69) is 17.2 Å². The number of amides is 1. The van der Waals surface area contributed by atoms with Crippen molar-refractivity contribution < 1.29 is 4.79 Å². The van der Waals surface area contributed by atoms with Gasteiger partial charge in [-0.3, -0.25) is 4.79 Å². The molecule has 88 valence electrons. The van der Waals surface area contributed by atoms with Gasteiger partial charge < -0.3 is 15.2 Å². The number of H-pyrrole nitrogens is 1. The van der Waals surface area contributed by atoms with Crippen LogP contribution in [0.25, 0.3) is 0 Å². The minimum absolute atomic E-state index is 0.0195. The van der Waals surface area contributed by atoms with Crippen LogP contribution in [0, 0.1) is 5.92 Å². The molecule has 1 aliphatic carbocycles. The second kappa shape index (κ2) is 4.29. The maximum Gasteiger partial charge on any atom is 0.269 e. The molecule has 2 N–H and O–H groups in total. The third kappa shape index (κ3) is 2.44. The molecule has 16 heavy (non-hydrogen) atoms. The average molecular weight is 221 g/mol. The molecule has 2 atom stereocenters. The first kappa shape index (κ1) is 11.2. The maximum absolute atomic E-state index is 11.6. The number of aromatic amines is 1. The Morgan fingerprint density at radius 1 is 1.56 bits per heavy atom. The lowest BCUT2D eigenvalue weighted by molar-refractivity contribution is 0.0822. The van der Waals surface area contributed by atoms with Crippen molar-refractivity contribution in [2.75, 3.05) is 14.1 Å². The molecule has 1 fully saturated rings. The van der Waals surface area contributed by atoms with E-state index in [1.54, 1.807) is 19.0 Å². The van der Waals surface area contributed by atoms with E-state index >= 15 is 0 Å². The number of nitrogens with one attached hydrogen (secondary N) is 2. The van der Waals surface area contributed by atoms with Gasteiger partial charge in [-0.15, -0.1) is 0 Å². The van der Waals surface area contributed by atoms with Gasteiger partial charge in [0, 0.05) is 32.4 Å². The molecule has 1 heterocycles. The summed E-state index contributed by atoms with van der Waals surface area (Å²) in [6, 6.07) is 4.48. The van der Waals surface area contributed by atoms with Crippen molar-refractivity contribution in [2.24, 2.45) is 5.92 Å². The molecule has 0 saturated heterocycles. The molecule has 1 amide bonds. The van der Waals surface area contributed by atoms with E-state index < -0.39 is 0 Å². The van der Waals surface area contributed by atoms with Gasteiger partial charge in [0.15, 0.2) is 0 Å². The van der Waals surface area contributed by atoms with E-state index in [0.29, 0.717) is 11.7 Å². The Bertz CT molecular complexity index is 383. The number of rotatable bonds is 4. The quantitative estimate of drug-likeness (QED) is 0.803. The highest BCUT2D eigenvalue weighted by molar-refractivity contribution is 5.92. The summed E-state index contributed by atoms with van der Waals surface area (Å²) in [6.45, 7) is 3.06. The third-order valence-corrected chi connectivity index (χ3v) is 3.05. The van der Waals surface area contributed by atoms with Gasteiger partial charge in [0.1, 0.15) is 5.69 Å². The van der Waals surface area contributed by atoms with Gasteiger partial charge in [0.05, 0.1) is 0 Å². The number of nitrogens with zero attached hydrogens (tertiary/aromatic N) is 1. The lowest BCUT2D eigenvalue weighted by Gasteiger charge is -2.08. The average Bonchev–Trinajstić information content (AvgIpc) is 2.78. The third-order valence-electron chi connectivity index (χ3n) is 3.05. The predicted molar refractivity (Wildman–Crippen MR) is 63.2 cm³/mol. The van der Waals surface area contributed by atoms with Gasteiger partial charge in [-0.05, 0) is 24.5 Å². The molecule has 0 radical (unpaired) electrons. The number of carbonyl (C=O) groups is 1. The standard InChI is InChI=1S/C12H19N3O/c1-8-6-11(8)13-7-9-4-5-10(14-9)12(16)15(2)3/h4-5,8,11,13-14H,6-7H2,1-3H3. The highest BCUT2D eigenvalue weighted by atomic mass is 16.2. The summed E-state index contributed by atoms with van der Waals surface area (Å²) >= 11 is 0. The van der Waals surface area contributed by atoms with Crippen LogP contribution < -0.4 is 5.32 Å². The Balaban J connectivity index is 1.89. The SMILES string of the molecule is CC1CC1NCc1ccc(C(=O)N(C)C)[nH]1. The number of hydrogen-bond acceptors (Lipinski definition) is 2. The van der Waals surface area contributed by atoms with Crippen molar-refractivity contribution in [3.63, 3.8) is 0 Å². The summed E-state index contributed by atoms with van der Waals surface area (Å²) in [6.07, 6.45) is 1.27. The van der Waals surface area contributed by atoms with Gasteiger partial charge in [-0.25, -0.2) is 0 Å². The first-order valence-corrected chi connectivity index (χ1v) is 5.71. The fourth-order valence-electron chi connectivity index (χ4n) is 1.76. The molecule has 2 unspecified atom stereocenters. The number of hydrogen-bond donors (Lipinski definition) is 2. The summed E-state index contributed by atoms with van der Waals surface area (Å²) in [7, 11) is 3.51. The van der Waals surface area contributed by atoms with Crippen LogP contribution in [0.15, 0.2) is 12.1 Å². The molecule has 0 aliphatic heterocycles. The van der Waals surface area contributed by atoms with Crippen molar-refractivity contribution in [3.05, 3.63) is 23.5 Å². The molecule has 1 aromatic rings. The predicted octanol–water partition coefficient (Wildman–Crippen LogP) is 1.21. The molecule has 0 aromatic carbocycles. The van der Waals surface area contributed by atoms with Crippen molar-refractivity contribution in [2.45, 2.75) is 25.9 Å². The lowest BCUT2D eigenvalue weighted by atomic mass is 10.4. The maximum atomic E-state index is 11.6. The monoisotopic (exact) mass is 221 g/mol. The molecule has 0 spiro atoms. The molecule has 1 aliphatic rings. The highest BCUT2D eigenvalue weighted by Crippen LogP contribution is 2.29. The van der Waals surface area contributed by atoms with Crippen LogP contribution in [-0.2, 0) is 6.54 Å². The van der Waals surface area contributed by atoms with Crippen LogP contribution in [0.3, 0.4) is 0 Å². The van der Waals surface area contributed by atoms with Gasteiger partial charge >= 0.3 is 0 Å². The molecular formula is C12H19N3O. The summed E-state index contributed by atoms with van der Waals surface area (Å²) in [5.74, 6) is 0.823. The number of carbonyl (C=O) groups excluding carboxylic acids is 1. The van der Waals surface area contributed by atoms with Crippen LogP contribution in [0.4, 0.5) is 0 Å². The minimum atomic E-state index is 0.0195. The van der Waals surface area contributed by atoms with Gasteiger partial charge in [0.25, 0.3) is 5.91 Å². The molecular weight excluding hydrogens is 202 g/mol. The molecule has 2 rings (SSSR count). The summed E-state index contributed by atoms with van der Waals surface area (Å²) in [5.41, 5.74) is 1.73. The van der Waals surface area contributed by atoms with E-state index in [0.717, 1.165) is 18.2 Å². The lowest BCUT2D eigenvalue weighted by Crippen LogP contribution is -2.22. The molecule has 4 heteroatoms. The fraction of sp³-hybridized carbons (Fsp3) is 0.583. The molecule has 0 bridgehead atoms. The zero-order valence-electron chi connectivity index (χ0n) is 10.1. The van der Waals surface area contributed by atoms with Crippen LogP contribution >= 0.6 is 0 Å². The van der Waals surface area contributed by atoms with Crippen molar-refractivity contribution >= 4 is 5.91 Å². The summed E-state index contributed by atoms with van der Waals surface area (Å²) < 4.78 is 0. The fourth-order valence-corrected chi connectivity index (χ4v) is 1.76. The molecule has 4 nitrogen and oxygen atoms in total. The normalized spacial score (nSPS) is 23.2. The highest BCUT2D eigenvalue weighted by Gasteiger charge is 2.31. The van der Waals surface area contributed by atoms with Crippen molar-refractivity contribution in [3.8, 4) is 0 Å². The summed E-state index contributed by atoms with van der Waals surface area (Å²) in [4.78, 5) is 16.3. The van der Waals surface area contributed by atoms with Gasteiger partial charge in [-0.2, -0.15) is 0 Å². The van der Waals surface area contributed by atoms with E-state index in [4.69, 9.17) is 0 Å². The van der Waals surface area contributed by atoms with Crippen molar-refractivity contribution in [1.29, 1.82) is 0 Å². The smallest absolute Gasteiger partial charge is 0.269 e. The Morgan fingerprint density at radius 3 is 2.81 bits per heavy atom. The zero-order chi connectivity index (χ0) is 11.7. The molecule has 1 aromatic heterocycles. The first-order chi connectivity index (χ1) is 7.58. The van der Waals surface area contributed by atoms with Crippen LogP contribution in [-0.4, -0.2) is 35.9 Å². The second-order valence-corrected chi connectivity index (χ2v) is 4.80. The Kier molecular flexibility index (Phi) is 3.01. The summed E-state index contributed by atoms with van der Waals surface area (Å²) in [5, 5.41) is 3.45. The van der Waals surface area contributed by atoms with Crippen molar-refractivity contribution in [1.82, 2.24) is 15.2 Å². The van der Waals surface area contributed by atoms with E-state index in [-0.39, 0.29) is 5.91 Å². The van der Waals surface area contributed by atoms with Crippen LogP contribution in [0.1, 0.15) is 29.5 Å². The first-order valence-electron chi connectivity index (χ1n) is 5.71. The number of aromatic nitrogens is 1. The largest absolute Gasteiger partial charge is 0.353 e. The Morgan fingerprint density at radius 2 is 2.25 bits per heavy atom. The van der Waals surface area contributed by atoms with E-state index in [1.807, 2.05) is 12.1 Å². The van der Waals surface area contributed by atoms with Gasteiger partial charge in [0.2, 0.25) is 0 Å². The van der Waals surface area contributed by atoms with Gasteiger partial charge in [-0.1, -0.05) is 6.92 Å². The Labute approximate surface area is 96.0 Å². The Hall–Kier alpha value is -1.29.